The van der Waals surface area contributed by atoms with Crippen LogP contribution in [0.1, 0.15) is 54.5 Å². The van der Waals surface area contributed by atoms with E-state index in [1.54, 1.807) is 17.0 Å². The van der Waals surface area contributed by atoms with Gasteiger partial charge in [-0.25, -0.2) is 13.8 Å². The minimum Gasteiger partial charge on any atom is -0.489 e. The molecule has 3 heterocycles. The van der Waals surface area contributed by atoms with Crippen LogP contribution in [0, 0.1) is 6.92 Å². The number of alkyl halides is 2. The van der Waals surface area contributed by atoms with Crippen molar-refractivity contribution in [2.24, 2.45) is 0 Å². The highest BCUT2D eigenvalue weighted by Crippen LogP contribution is 2.38. The first-order valence-corrected chi connectivity index (χ1v) is 11.9. The molecule has 0 aliphatic carbocycles. The van der Waals surface area contributed by atoms with E-state index in [2.05, 4.69) is 4.98 Å². The Morgan fingerprint density at radius 2 is 1.88 bits per heavy atom. The fraction of sp³-hybridized carbons (Fsp3) is 0.538. The normalized spacial score (nSPS) is 20.8. The lowest BCUT2D eigenvalue weighted by Gasteiger charge is -2.50. The Morgan fingerprint density at radius 1 is 1.18 bits per heavy atom. The average Bonchev–Trinajstić information content (AvgIpc) is 2.80. The van der Waals surface area contributed by atoms with Crippen LogP contribution in [0.5, 0.6) is 5.75 Å². The molecule has 184 valence electrons. The maximum absolute atomic E-state index is 13.2. The van der Waals surface area contributed by atoms with Gasteiger partial charge in [0, 0.05) is 26.2 Å². The Kier molecular flexibility index (Phi) is 7.48. The van der Waals surface area contributed by atoms with Gasteiger partial charge in [-0.3, -0.25) is 9.69 Å². The van der Waals surface area contributed by atoms with Gasteiger partial charge in [-0.1, -0.05) is 30.3 Å². The van der Waals surface area contributed by atoms with Crippen LogP contribution < -0.4 is 4.74 Å². The van der Waals surface area contributed by atoms with Crippen LogP contribution in [0.4, 0.5) is 8.78 Å². The lowest BCUT2D eigenvalue weighted by molar-refractivity contribution is -0.180. The number of halogens is 2. The van der Waals surface area contributed by atoms with Crippen molar-refractivity contribution in [2.45, 2.75) is 57.8 Å². The van der Waals surface area contributed by atoms with Gasteiger partial charge in [-0.15, -0.1) is 0 Å². The molecule has 2 saturated heterocycles. The third-order valence-electron chi connectivity index (χ3n) is 6.48. The van der Waals surface area contributed by atoms with E-state index in [4.69, 9.17) is 9.47 Å². The number of amides is 1. The first-order valence-electron chi connectivity index (χ1n) is 11.9. The molecular formula is C26H33F2N3O3. The quantitative estimate of drug-likeness (QED) is 0.619. The molecule has 1 aromatic carbocycles. The van der Waals surface area contributed by atoms with E-state index in [1.807, 2.05) is 56.0 Å². The number of hydrogen-bond acceptors (Lipinski definition) is 5. The molecule has 1 amide bonds. The Balaban J connectivity index is 1.45. The zero-order valence-electron chi connectivity index (χ0n) is 20.0. The highest BCUT2D eigenvalue weighted by Gasteiger charge is 2.44. The molecule has 8 heteroatoms. The molecule has 0 radical (unpaired) electrons. The zero-order chi connectivity index (χ0) is 24.3. The van der Waals surface area contributed by atoms with Gasteiger partial charge in [0.15, 0.2) is 0 Å². The molecule has 1 aromatic heterocycles. The summed E-state index contributed by atoms with van der Waals surface area (Å²) in [6.45, 7) is 7.32. The minimum absolute atomic E-state index is 0.0279. The monoisotopic (exact) mass is 473 g/mol. The molecule has 1 atom stereocenters. The summed E-state index contributed by atoms with van der Waals surface area (Å²) in [7, 11) is 0. The Labute approximate surface area is 199 Å². The van der Waals surface area contributed by atoms with E-state index in [9.17, 15) is 13.6 Å². The highest BCUT2D eigenvalue weighted by molar-refractivity contribution is 5.92. The van der Waals surface area contributed by atoms with Gasteiger partial charge >= 0.3 is 0 Å². The van der Waals surface area contributed by atoms with Gasteiger partial charge in [0.05, 0.1) is 30.0 Å². The van der Waals surface area contributed by atoms with E-state index in [-0.39, 0.29) is 24.7 Å². The van der Waals surface area contributed by atoms with Crippen molar-refractivity contribution in [1.82, 2.24) is 14.8 Å². The number of morpholine rings is 1. The summed E-state index contributed by atoms with van der Waals surface area (Å²) in [6.07, 6.45) is -1.45. The first-order chi connectivity index (χ1) is 16.2. The summed E-state index contributed by atoms with van der Waals surface area (Å²) in [5, 5.41) is 0. The van der Waals surface area contributed by atoms with Crippen molar-refractivity contribution in [2.75, 3.05) is 32.7 Å². The maximum atomic E-state index is 13.2. The molecule has 1 spiro atoms. The molecule has 1 unspecified atom stereocenters. The number of benzene rings is 1. The van der Waals surface area contributed by atoms with Gasteiger partial charge < -0.3 is 14.4 Å². The third kappa shape index (κ3) is 5.73. The van der Waals surface area contributed by atoms with Gasteiger partial charge in [0.25, 0.3) is 12.3 Å². The van der Waals surface area contributed by atoms with Crippen LogP contribution in [0.15, 0.2) is 42.5 Å². The number of aryl methyl sites for hydroxylation is 1. The number of nitrogens with zero attached hydrogens (tertiary/aromatic N) is 3. The van der Waals surface area contributed by atoms with Crippen LogP contribution in [-0.4, -0.2) is 71.5 Å². The molecule has 2 aromatic rings. The number of ether oxygens (including phenoxy) is 2. The van der Waals surface area contributed by atoms with Crippen LogP contribution in [0.25, 0.3) is 0 Å². The molecule has 2 fully saturated rings. The Morgan fingerprint density at radius 3 is 2.50 bits per heavy atom. The van der Waals surface area contributed by atoms with Crippen molar-refractivity contribution in [3.8, 4) is 5.75 Å². The van der Waals surface area contributed by atoms with Crippen LogP contribution in [0.3, 0.4) is 0 Å². The van der Waals surface area contributed by atoms with E-state index in [0.29, 0.717) is 56.2 Å². The number of aromatic nitrogens is 1. The average molecular weight is 474 g/mol. The number of hydrogen-bond donors (Lipinski definition) is 0. The molecule has 34 heavy (non-hydrogen) atoms. The second-order valence-corrected chi connectivity index (χ2v) is 9.52. The number of rotatable bonds is 6. The Hall–Kier alpha value is -2.58. The third-order valence-corrected chi connectivity index (χ3v) is 6.48. The molecule has 0 bridgehead atoms. The summed E-state index contributed by atoms with van der Waals surface area (Å²) in [4.78, 5) is 21.2. The van der Waals surface area contributed by atoms with Crippen LogP contribution in [0.2, 0.25) is 0 Å². The second-order valence-electron chi connectivity index (χ2n) is 9.52. The van der Waals surface area contributed by atoms with Crippen molar-refractivity contribution in [3.63, 3.8) is 0 Å². The summed E-state index contributed by atoms with van der Waals surface area (Å²) in [5.74, 6) is 0.541. The molecule has 0 N–H and O–H groups in total. The first kappa shape index (κ1) is 24.5. The van der Waals surface area contributed by atoms with Crippen molar-refractivity contribution < 1.29 is 23.0 Å². The number of likely N-dealkylation sites (tertiary alicyclic amines) is 1. The van der Waals surface area contributed by atoms with Crippen molar-refractivity contribution >= 4 is 5.91 Å². The lowest BCUT2D eigenvalue weighted by Crippen LogP contribution is -2.58. The molecule has 2 aliphatic heterocycles. The predicted molar refractivity (Wildman–Crippen MR) is 125 cm³/mol. The summed E-state index contributed by atoms with van der Waals surface area (Å²) in [5.41, 5.74) is 1.50. The fourth-order valence-electron chi connectivity index (χ4n) is 4.86. The molecule has 6 nitrogen and oxygen atoms in total. The van der Waals surface area contributed by atoms with Crippen molar-refractivity contribution in [1.29, 1.82) is 0 Å². The van der Waals surface area contributed by atoms with Gasteiger partial charge in [-0.05, 0) is 51.3 Å². The fourth-order valence-corrected chi connectivity index (χ4v) is 4.86. The minimum atomic E-state index is -2.40. The van der Waals surface area contributed by atoms with E-state index >= 15 is 0 Å². The van der Waals surface area contributed by atoms with E-state index in [0.717, 1.165) is 5.56 Å². The molecular weight excluding hydrogens is 440 g/mol. The summed E-state index contributed by atoms with van der Waals surface area (Å²) in [6, 6.07) is 13.2. The number of piperidine rings is 1. The van der Waals surface area contributed by atoms with Crippen molar-refractivity contribution in [3.05, 3.63) is 59.4 Å². The van der Waals surface area contributed by atoms with E-state index < -0.39 is 12.0 Å². The second kappa shape index (κ2) is 10.4. The van der Waals surface area contributed by atoms with Crippen LogP contribution in [-0.2, 0) is 4.74 Å². The van der Waals surface area contributed by atoms with Gasteiger partial charge in [0.2, 0.25) is 0 Å². The number of carbonyl (C=O) groups excluding carboxylic acids is 1. The van der Waals surface area contributed by atoms with E-state index in [1.165, 1.54) is 0 Å². The Bertz CT molecular complexity index is 979. The predicted octanol–water partition coefficient (Wildman–Crippen LogP) is 4.49. The molecule has 0 saturated carbocycles. The lowest BCUT2D eigenvalue weighted by atomic mass is 9.87. The summed E-state index contributed by atoms with van der Waals surface area (Å²) < 4.78 is 38.8. The highest BCUT2D eigenvalue weighted by atomic mass is 19.3. The smallest absolute Gasteiger partial charge is 0.272 e. The number of pyridine rings is 1. The zero-order valence-corrected chi connectivity index (χ0v) is 20.0. The van der Waals surface area contributed by atoms with Crippen LogP contribution >= 0.6 is 0 Å². The number of carbonyl (C=O) groups is 1. The van der Waals surface area contributed by atoms with Gasteiger partial charge in [0.1, 0.15) is 11.4 Å². The topological polar surface area (TPSA) is 54.9 Å². The van der Waals surface area contributed by atoms with Gasteiger partial charge in [-0.2, -0.15) is 0 Å². The maximum Gasteiger partial charge on any atom is 0.272 e. The summed E-state index contributed by atoms with van der Waals surface area (Å²) >= 11 is 0. The molecule has 2 aliphatic rings. The standard InChI is InChI=1S/C26H33F2N3O3/c1-18(2)33-22-10-9-21(29-19(22)3)25(32)31-13-11-26(12-14-31)17-30(16-24(27)28)15-23(34-26)20-7-5-4-6-8-20/h4-10,18,23-24H,11-17H2,1-3H3. The SMILES string of the molecule is Cc1nc(C(=O)N2CCC3(CC2)CN(CC(F)F)CC(c2ccccc2)O3)ccc1OC(C)C. The molecule has 4 rings (SSSR count). The largest absolute Gasteiger partial charge is 0.489 e.